The Hall–Kier alpha value is -0.940. The summed E-state index contributed by atoms with van der Waals surface area (Å²) in [4.78, 5) is 0. The van der Waals surface area contributed by atoms with Crippen LogP contribution in [0.15, 0.2) is 6.20 Å². The highest BCUT2D eigenvalue weighted by atomic mass is 16.5. The summed E-state index contributed by atoms with van der Waals surface area (Å²) < 4.78 is 6.77. The van der Waals surface area contributed by atoms with Crippen molar-refractivity contribution in [3.05, 3.63) is 11.9 Å². The lowest BCUT2D eigenvalue weighted by molar-refractivity contribution is 0.0262. The maximum atomic E-state index is 9.95. The van der Waals surface area contributed by atoms with Crippen LogP contribution in [0.2, 0.25) is 0 Å². The largest absolute Gasteiger partial charge is 0.387 e. The van der Waals surface area contributed by atoms with Crippen LogP contribution in [0.25, 0.3) is 0 Å². The summed E-state index contributed by atoms with van der Waals surface area (Å²) in [7, 11) is 1.81. The molecule has 0 bridgehead atoms. The van der Waals surface area contributed by atoms with Gasteiger partial charge in [-0.1, -0.05) is 5.21 Å². The summed E-state index contributed by atoms with van der Waals surface area (Å²) >= 11 is 0. The minimum absolute atomic E-state index is 0.406. The van der Waals surface area contributed by atoms with E-state index in [9.17, 15) is 5.11 Å². The van der Waals surface area contributed by atoms with Gasteiger partial charge < -0.3 is 9.84 Å². The van der Waals surface area contributed by atoms with Crippen LogP contribution in [-0.2, 0) is 18.2 Å². The molecule has 0 aromatic carbocycles. The summed E-state index contributed by atoms with van der Waals surface area (Å²) in [5.74, 6) is 0. The molecule has 13 heavy (non-hydrogen) atoms. The van der Waals surface area contributed by atoms with E-state index in [1.807, 2.05) is 13.2 Å². The van der Waals surface area contributed by atoms with Gasteiger partial charge in [-0.15, -0.1) is 5.10 Å². The number of aryl methyl sites for hydroxylation is 1. The van der Waals surface area contributed by atoms with Gasteiger partial charge in [0, 0.05) is 32.7 Å². The van der Waals surface area contributed by atoms with Crippen LogP contribution in [0.1, 0.15) is 12.1 Å². The van der Waals surface area contributed by atoms with Crippen LogP contribution in [0.5, 0.6) is 0 Å². The standard InChI is InChI=1S/C8H13N3O2/c1-11-5-7(9-10-11)4-8(12)2-3-13-6-8/h5,12H,2-4,6H2,1H3. The second kappa shape index (κ2) is 3.08. The summed E-state index contributed by atoms with van der Waals surface area (Å²) in [6, 6.07) is 0. The lowest BCUT2D eigenvalue weighted by atomic mass is 9.98. The molecule has 2 heterocycles. The van der Waals surface area contributed by atoms with Gasteiger partial charge in [0.2, 0.25) is 0 Å². The highest BCUT2D eigenvalue weighted by Gasteiger charge is 2.33. The molecule has 1 saturated heterocycles. The maximum absolute atomic E-state index is 9.95. The molecular formula is C8H13N3O2. The third kappa shape index (κ3) is 1.87. The Kier molecular flexibility index (Phi) is 2.05. The van der Waals surface area contributed by atoms with E-state index >= 15 is 0 Å². The van der Waals surface area contributed by atoms with E-state index < -0.39 is 5.60 Å². The van der Waals surface area contributed by atoms with Crippen LogP contribution in [0.3, 0.4) is 0 Å². The maximum Gasteiger partial charge on any atom is 0.0958 e. The number of hydrogen-bond acceptors (Lipinski definition) is 4. The molecule has 1 unspecified atom stereocenters. The van der Waals surface area contributed by atoms with Crippen LogP contribution < -0.4 is 0 Å². The highest BCUT2D eigenvalue weighted by Crippen LogP contribution is 2.21. The van der Waals surface area contributed by atoms with Crippen molar-refractivity contribution >= 4 is 0 Å². The lowest BCUT2D eigenvalue weighted by Gasteiger charge is -2.17. The van der Waals surface area contributed by atoms with Crippen molar-refractivity contribution in [1.82, 2.24) is 15.0 Å². The average molecular weight is 183 g/mol. The molecule has 5 heteroatoms. The molecule has 5 nitrogen and oxygen atoms in total. The molecule has 2 rings (SSSR count). The van der Waals surface area contributed by atoms with Crippen LogP contribution in [-0.4, -0.2) is 38.9 Å². The second-order valence-electron chi connectivity index (χ2n) is 3.59. The number of nitrogens with zero attached hydrogens (tertiary/aromatic N) is 3. The average Bonchev–Trinajstić information content (AvgIpc) is 2.62. The number of aliphatic hydroxyl groups is 1. The van der Waals surface area contributed by atoms with Crippen LogP contribution >= 0.6 is 0 Å². The van der Waals surface area contributed by atoms with E-state index in [2.05, 4.69) is 10.3 Å². The van der Waals surface area contributed by atoms with E-state index in [1.165, 1.54) is 0 Å². The fraction of sp³-hybridized carbons (Fsp3) is 0.750. The minimum atomic E-state index is -0.726. The quantitative estimate of drug-likeness (QED) is 0.672. The number of rotatable bonds is 2. The molecule has 0 aliphatic carbocycles. The van der Waals surface area contributed by atoms with Crippen molar-refractivity contribution in [2.45, 2.75) is 18.4 Å². The topological polar surface area (TPSA) is 60.2 Å². The second-order valence-corrected chi connectivity index (χ2v) is 3.59. The Morgan fingerprint density at radius 2 is 2.62 bits per heavy atom. The van der Waals surface area contributed by atoms with Crippen LogP contribution in [0, 0.1) is 0 Å². The third-order valence-electron chi connectivity index (χ3n) is 2.24. The molecule has 1 aromatic rings. The molecule has 1 aliphatic rings. The van der Waals surface area contributed by atoms with Crippen molar-refractivity contribution in [3.8, 4) is 0 Å². The first kappa shape index (κ1) is 8.65. The molecule has 72 valence electrons. The molecule has 1 aliphatic heterocycles. The lowest BCUT2D eigenvalue weighted by Crippen LogP contribution is -2.31. The van der Waals surface area contributed by atoms with Gasteiger partial charge in [-0.2, -0.15) is 0 Å². The van der Waals surface area contributed by atoms with Crippen molar-refractivity contribution in [2.75, 3.05) is 13.2 Å². The molecule has 1 fully saturated rings. The summed E-state index contributed by atoms with van der Waals surface area (Å²) in [5.41, 5.74) is 0.0891. The SMILES string of the molecule is Cn1cc(CC2(O)CCOC2)nn1. The van der Waals surface area contributed by atoms with Crippen molar-refractivity contribution < 1.29 is 9.84 Å². The number of hydrogen-bond donors (Lipinski definition) is 1. The van der Waals surface area contributed by atoms with E-state index in [0.29, 0.717) is 26.1 Å². The van der Waals surface area contributed by atoms with Crippen molar-refractivity contribution in [1.29, 1.82) is 0 Å². The van der Waals surface area contributed by atoms with Gasteiger partial charge in [0.25, 0.3) is 0 Å². The molecule has 1 N–H and O–H groups in total. The van der Waals surface area contributed by atoms with E-state index in [0.717, 1.165) is 5.69 Å². The van der Waals surface area contributed by atoms with Crippen LogP contribution in [0.4, 0.5) is 0 Å². The fourth-order valence-electron chi connectivity index (χ4n) is 1.55. The Balaban J connectivity index is 2.04. The van der Waals surface area contributed by atoms with Gasteiger partial charge in [-0.25, -0.2) is 0 Å². The van der Waals surface area contributed by atoms with Gasteiger partial charge >= 0.3 is 0 Å². The summed E-state index contributed by atoms with van der Waals surface area (Å²) in [6.45, 7) is 1.04. The zero-order chi connectivity index (χ0) is 9.31. The molecular weight excluding hydrogens is 170 g/mol. The summed E-state index contributed by atoms with van der Waals surface area (Å²) in [6.07, 6.45) is 3.03. The summed E-state index contributed by atoms with van der Waals surface area (Å²) in [5, 5.41) is 17.7. The zero-order valence-corrected chi connectivity index (χ0v) is 7.60. The van der Waals surface area contributed by atoms with E-state index in [4.69, 9.17) is 4.74 Å². The smallest absolute Gasteiger partial charge is 0.0958 e. The first-order valence-corrected chi connectivity index (χ1v) is 4.33. The molecule has 0 saturated carbocycles. The zero-order valence-electron chi connectivity index (χ0n) is 7.60. The molecule has 0 spiro atoms. The molecule has 1 aromatic heterocycles. The molecule has 1 atom stereocenters. The number of aromatic nitrogens is 3. The minimum Gasteiger partial charge on any atom is -0.387 e. The van der Waals surface area contributed by atoms with E-state index in [1.54, 1.807) is 4.68 Å². The fourth-order valence-corrected chi connectivity index (χ4v) is 1.55. The first-order chi connectivity index (χ1) is 6.18. The van der Waals surface area contributed by atoms with Gasteiger partial charge in [0.1, 0.15) is 0 Å². The van der Waals surface area contributed by atoms with Gasteiger partial charge in [0.05, 0.1) is 17.9 Å². The Bertz CT molecular complexity index is 291. The molecule has 0 amide bonds. The Morgan fingerprint density at radius 1 is 1.77 bits per heavy atom. The molecule has 0 radical (unpaired) electrons. The normalized spacial score (nSPS) is 28.2. The van der Waals surface area contributed by atoms with Gasteiger partial charge in [-0.05, 0) is 0 Å². The van der Waals surface area contributed by atoms with Crippen molar-refractivity contribution in [2.24, 2.45) is 7.05 Å². The third-order valence-corrected chi connectivity index (χ3v) is 2.24. The highest BCUT2D eigenvalue weighted by molar-refractivity contribution is 5.00. The number of ether oxygens (including phenoxy) is 1. The van der Waals surface area contributed by atoms with E-state index in [-0.39, 0.29) is 0 Å². The monoisotopic (exact) mass is 183 g/mol. The Morgan fingerprint density at radius 3 is 3.15 bits per heavy atom. The predicted octanol–water partition coefficient (Wildman–Crippen LogP) is -0.491. The first-order valence-electron chi connectivity index (χ1n) is 4.33. The van der Waals surface area contributed by atoms with Crippen molar-refractivity contribution in [3.63, 3.8) is 0 Å². The van der Waals surface area contributed by atoms with Gasteiger partial charge in [-0.3, -0.25) is 4.68 Å². The Labute approximate surface area is 76.3 Å². The van der Waals surface area contributed by atoms with Gasteiger partial charge in [0.15, 0.2) is 0 Å². The predicted molar refractivity (Wildman–Crippen MR) is 45.1 cm³/mol.